The lowest BCUT2D eigenvalue weighted by molar-refractivity contribution is 0.402. The highest BCUT2D eigenvalue weighted by molar-refractivity contribution is 7.26. The number of hydrogen-bond acceptors (Lipinski definition) is 3. The fourth-order valence-corrected chi connectivity index (χ4v) is 8.26. The number of fused-ring (bicyclic) bond motifs is 13. The fraction of sp³-hybridized carbons (Fsp3) is 0.0256. The monoisotopic (exact) mass is 598 g/mol. The molecule has 212 valence electrons. The number of thiophene rings is 1. The summed E-state index contributed by atoms with van der Waals surface area (Å²) >= 11 is 1.80. The van der Waals surface area contributed by atoms with Gasteiger partial charge in [0.25, 0.3) is 0 Å². The van der Waals surface area contributed by atoms with Gasteiger partial charge in [-0.05, 0) is 65.0 Å². The zero-order valence-electron chi connectivity index (χ0n) is 23.9. The Balaban J connectivity index is 1.19. The van der Waals surface area contributed by atoms with Crippen molar-refractivity contribution in [1.29, 1.82) is 0 Å². The minimum Gasteiger partial charge on any atom is -0.299 e. The van der Waals surface area contributed by atoms with Crippen LogP contribution in [0.3, 0.4) is 0 Å². The summed E-state index contributed by atoms with van der Waals surface area (Å²) in [5.74, 6) is 0. The van der Waals surface area contributed by atoms with E-state index < -0.39 is 6.17 Å². The third kappa shape index (κ3) is 3.45. The van der Waals surface area contributed by atoms with E-state index in [1.165, 1.54) is 20.2 Å². The van der Waals surface area contributed by atoms with Crippen molar-refractivity contribution in [2.24, 2.45) is 0 Å². The molecular formula is C39H23FN4S. The molecule has 1 atom stereocenters. The molecule has 10 aromatic rings. The zero-order valence-corrected chi connectivity index (χ0v) is 24.7. The van der Waals surface area contributed by atoms with E-state index in [1.807, 2.05) is 67.0 Å². The number of halogens is 1. The van der Waals surface area contributed by atoms with E-state index in [0.29, 0.717) is 11.1 Å². The maximum Gasteiger partial charge on any atom is 0.150 e. The van der Waals surface area contributed by atoms with Crippen molar-refractivity contribution < 1.29 is 4.39 Å². The first kappa shape index (κ1) is 24.8. The molecule has 4 nitrogen and oxygen atoms in total. The molecule has 6 heteroatoms. The van der Waals surface area contributed by atoms with Gasteiger partial charge in [0.1, 0.15) is 11.3 Å². The van der Waals surface area contributed by atoms with Crippen LogP contribution in [0.4, 0.5) is 4.39 Å². The lowest BCUT2D eigenvalue weighted by Gasteiger charge is -2.15. The third-order valence-corrected chi connectivity index (χ3v) is 10.3. The minimum atomic E-state index is -1.32. The van der Waals surface area contributed by atoms with Crippen molar-refractivity contribution in [2.45, 2.75) is 6.17 Å². The number of hydrogen-bond donors (Lipinski definition) is 0. The van der Waals surface area contributed by atoms with Crippen LogP contribution >= 0.6 is 11.3 Å². The molecule has 10 rings (SSSR count). The topological polar surface area (TPSA) is 35.1 Å². The van der Waals surface area contributed by atoms with Crippen LogP contribution in [0.2, 0.25) is 0 Å². The largest absolute Gasteiger partial charge is 0.299 e. The van der Waals surface area contributed by atoms with Gasteiger partial charge in [-0.3, -0.25) is 8.97 Å². The zero-order chi connectivity index (χ0) is 29.6. The molecule has 0 aliphatic carbocycles. The molecular weight excluding hydrogens is 576 g/mol. The first-order valence-electron chi connectivity index (χ1n) is 15.0. The Hall–Kier alpha value is -5.59. The average molecular weight is 599 g/mol. The van der Waals surface area contributed by atoms with Crippen LogP contribution in [0.1, 0.15) is 17.3 Å². The van der Waals surface area contributed by atoms with Gasteiger partial charge in [0, 0.05) is 66.0 Å². The number of para-hydroxylation sites is 1. The van der Waals surface area contributed by atoms with Gasteiger partial charge >= 0.3 is 0 Å². The molecule has 0 amide bonds. The van der Waals surface area contributed by atoms with Crippen LogP contribution in [0.25, 0.3) is 75.1 Å². The van der Waals surface area contributed by atoms with Crippen LogP contribution in [-0.2, 0) is 0 Å². The Kier molecular flexibility index (Phi) is 5.08. The Bertz CT molecular complexity index is 2810. The van der Waals surface area contributed by atoms with Crippen molar-refractivity contribution >= 4 is 80.8 Å². The minimum absolute atomic E-state index is 0.597. The second-order valence-electron chi connectivity index (χ2n) is 11.5. The maximum absolute atomic E-state index is 16.6. The molecule has 1 unspecified atom stereocenters. The molecule has 5 heterocycles. The van der Waals surface area contributed by atoms with Gasteiger partial charge in [0.15, 0.2) is 6.17 Å². The normalized spacial score (nSPS) is 12.9. The van der Waals surface area contributed by atoms with E-state index in [9.17, 15) is 0 Å². The molecule has 45 heavy (non-hydrogen) atoms. The molecule has 0 saturated carbocycles. The van der Waals surface area contributed by atoms with E-state index in [1.54, 1.807) is 17.5 Å². The van der Waals surface area contributed by atoms with E-state index in [4.69, 9.17) is 4.98 Å². The second-order valence-corrected chi connectivity index (χ2v) is 12.6. The number of benzene rings is 5. The summed E-state index contributed by atoms with van der Waals surface area (Å²) in [6.07, 6.45) is 4.28. The second kappa shape index (κ2) is 9.21. The Labute approximate surface area is 260 Å². The van der Waals surface area contributed by atoms with Gasteiger partial charge in [0.2, 0.25) is 0 Å². The molecule has 5 aromatic carbocycles. The van der Waals surface area contributed by atoms with E-state index in [2.05, 4.69) is 74.6 Å². The van der Waals surface area contributed by atoms with E-state index in [-0.39, 0.29) is 0 Å². The summed E-state index contributed by atoms with van der Waals surface area (Å²) < 4.78 is 23.4. The first-order valence-corrected chi connectivity index (χ1v) is 15.8. The van der Waals surface area contributed by atoms with E-state index in [0.717, 1.165) is 54.9 Å². The van der Waals surface area contributed by atoms with Crippen molar-refractivity contribution in [1.82, 2.24) is 18.9 Å². The van der Waals surface area contributed by atoms with Gasteiger partial charge in [0.05, 0.1) is 11.0 Å². The number of alkyl halides is 1. The molecule has 0 saturated heterocycles. The highest BCUT2D eigenvalue weighted by Crippen LogP contribution is 2.43. The Morgan fingerprint density at radius 1 is 0.578 bits per heavy atom. The van der Waals surface area contributed by atoms with Crippen molar-refractivity contribution in [3.8, 4) is 5.69 Å². The number of imidazole rings is 1. The highest BCUT2D eigenvalue weighted by Gasteiger charge is 2.21. The van der Waals surface area contributed by atoms with Crippen LogP contribution in [0, 0.1) is 0 Å². The lowest BCUT2D eigenvalue weighted by Crippen LogP contribution is -2.00. The smallest absolute Gasteiger partial charge is 0.150 e. The summed E-state index contributed by atoms with van der Waals surface area (Å²) in [7, 11) is 0. The maximum atomic E-state index is 16.6. The average Bonchev–Trinajstić information content (AvgIpc) is 3.82. The van der Waals surface area contributed by atoms with Gasteiger partial charge in [-0.1, -0.05) is 66.7 Å². The highest BCUT2D eigenvalue weighted by atomic mass is 32.1. The van der Waals surface area contributed by atoms with Crippen molar-refractivity contribution in [3.05, 3.63) is 145 Å². The molecule has 0 aliphatic heterocycles. The molecule has 0 aliphatic rings. The molecule has 0 bridgehead atoms. The molecule has 0 spiro atoms. The number of pyridine rings is 2. The summed E-state index contributed by atoms with van der Waals surface area (Å²) in [4.78, 5) is 9.49. The first-order chi connectivity index (χ1) is 22.2. The Morgan fingerprint density at radius 3 is 2.33 bits per heavy atom. The van der Waals surface area contributed by atoms with Crippen molar-refractivity contribution in [3.63, 3.8) is 0 Å². The quantitative estimate of drug-likeness (QED) is 0.190. The predicted molar refractivity (Wildman–Crippen MR) is 185 cm³/mol. The summed E-state index contributed by atoms with van der Waals surface area (Å²) in [5.41, 5.74) is 5.97. The number of nitrogens with zero attached hydrogens (tertiary/aromatic N) is 4. The predicted octanol–water partition coefficient (Wildman–Crippen LogP) is 10.6. The number of aromatic nitrogens is 4. The van der Waals surface area contributed by atoms with Gasteiger partial charge in [-0.25, -0.2) is 14.4 Å². The molecule has 0 radical (unpaired) electrons. The SMILES string of the molecule is FC(c1cccc(-n2c3ncccc3c3ccc4sc5ccccc5c4c32)c1)c1ccc2c3ccccc3n3ccnc3c2c1. The van der Waals surface area contributed by atoms with Gasteiger partial charge in [-0.15, -0.1) is 11.3 Å². The summed E-state index contributed by atoms with van der Waals surface area (Å²) in [6.45, 7) is 0. The van der Waals surface area contributed by atoms with Crippen LogP contribution < -0.4 is 0 Å². The Morgan fingerprint density at radius 2 is 1.38 bits per heavy atom. The third-order valence-electron chi connectivity index (χ3n) is 9.12. The number of rotatable bonds is 3. The molecule has 0 N–H and O–H groups in total. The summed E-state index contributed by atoms with van der Waals surface area (Å²) in [5, 5.41) is 7.78. The van der Waals surface area contributed by atoms with E-state index >= 15 is 4.39 Å². The summed E-state index contributed by atoms with van der Waals surface area (Å²) in [6, 6.07) is 39.1. The standard InChI is InChI=1S/C39H23FN4S/c40-36(24-14-15-26-27-9-1-3-12-32(27)43-20-19-42-38(43)31(26)22-24)23-7-5-8-25(21-23)44-37-28(29-11-6-18-41-39(29)44)16-17-34-35(37)30-10-2-4-13-33(30)45-34/h1-22,36H. The molecule has 5 aromatic heterocycles. The van der Waals surface area contributed by atoms with Crippen LogP contribution in [-0.4, -0.2) is 18.9 Å². The van der Waals surface area contributed by atoms with Crippen LogP contribution in [0.15, 0.2) is 134 Å². The lowest BCUT2D eigenvalue weighted by atomic mass is 9.98. The van der Waals surface area contributed by atoms with Gasteiger partial charge in [-0.2, -0.15) is 0 Å². The molecule has 0 fully saturated rings. The fourth-order valence-electron chi connectivity index (χ4n) is 7.15. The van der Waals surface area contributed by atoms with Crippen LogP contribution in [0.5, 0.6) is 0 Å². The van der Waals surface area contributed by atoms with Crippen molar-refractivity contribution in [2.75, 3.05) is 0 Å². The van der Waals surface area contributed by atoms with Gasteiger partial charge < -0.3 is 0 Å².